The number of hydrogen-bond donors (Lipinski definition) is 2. The molecule has 5 nitrogen and oxygen atoms in total. The van der Waals surface area contributed by atoms with Gasteiger partial charge in [-0.3, -0.25) is 4.79 Å². The second-order valence-electron chi connectivity index (χ2n) is 10.6. The van der Waals surface area contributed by atoms with Gasteiger partial charge < -0.3 is 14.9 Å². The van der Waals surface area contributed by atoms with Gasteiger partial charge in [-0.05, 0) is 73.2 Å². The lowest BCUT2D eigenvalue weighted by molar-refractivity contribution is -0.241. The zero-order chi connectivity index (χ0) is 19.9. The maximum atomic E-state index is 12.1. The molecule has 154 valence electrons. The highest BCUT2D eigenvalue weighted by molar-refractivity contribution is 5.85. The standard InChI is InChI=1S/C23H32O5/c1-21-7-5-15(24)10-14(21)3-4-17-18(21)11-19(25)22(2)16(6-8-23(17,22)27)13-9-20(26)28-12-13/h9,14,16-19,25,27H,3-8,10-12H2,1-2H3/t14-,16+,17?,18?,19-,21+,22+,23+/m1/s1. The van der Waals surface area contributed by atoms with Gasteiger partial charge in [-0.15, -0.1) is 0 Å². The lowest BCUT2D eigenvalue weighted by atomic mass is 9.42. The first-order chi connectivity index (χ1) is 13.2. The van der Waals surface area contributed by atoms with Gasteiger partial charge in [-0.2, -0.15) is 0 Å². The van der Waals surface area contributed by atoms with E-state index in [0.717, 1.165) is 31.3 Å². The van der Waals surface area contributed by atoms with Crippen LogP contribution in [0.15, 0.2) is 11.6 Å². The maximum absolute atomic E-state index is 12.1. The summed E-state index contributed by atoms with van der Waals surface area (Å²) in [6.07, 6.45) is 7.20. The number of cyclic esters (lactones) is 1. The largest absolute Gasteiger partial charge is 0.458 e. The molecule has 0 amide bonds. The fourth-order valence-electron chi connectivity index (χ4n) is 8.18. The lowest BCUT2D eigenvalue weighted by Gasteiger charge is -2.64. The van der Waals surface area contributed by atoms with Gasteiger partial charge in [0.2, 0.25) is 0 Å². The van der Waals surface area contributed by atoms with Gasteiger partial charge in [-0.1, -0.05) is 13.8 Å². The number of ether oxygens (including phenoxy) is 1. The van der Waals surface area contributed by atoms with Crippen LogP contribution in [0.2, 0.25) is 0 Å². The third-order valence-electron chi connectivity index (χ3n) is 9.89. The van der Waals surface area contributed by atoms with Crippen molar-refractivity contribution < 1.29 is 24.5 Å². The topological polar surface area (TPSA) is 83.8 Å². The molecule has 28 heavy (non-hydrogen) atoms. The molecule has 0 bridgehead atoms. The number of carbonyl (C=O) groups excluding carboxylic acids is 2. The Hall–Kier alpha value is -1.20. The van der Waals surface area contributed by atoms with Crippen LogP contribution < -0.4 is 0 Å². The third kappa shape index (κ3) is 2.21. The molecular weight excluding hydrogens is 356 g/mol. The number of fused-ring (bicyclic) bond motifs is 5. The molecule has 1 heterocycles. The molecule has 0 radical (unpaired) electrons. The van der Waals surface area contributed by atoms with Crippen LogP contribution in [0.4, 0.5) is 0 Å². The minimum atomic E-state index is -0.929. The molecule has 5 rings (SSSR count). The molecule has 4 saturated carbocycles. The van der Waals surface area contributed by atoms with E-state index < -0.39 is 17.1 Å². The number of aliphatic hydroxyl groups is 2. The number of rotatable bonds is 1. The molecule has 2 N–H and O–H groups in total. The zero-order valence-electron chi connectivity index (χ0n) is 16.9. The number of Topliss-reactive ketones (excluding diaryl/α,β-unsaturated/α-hetero) is 1. The predicted molar refractivity (Wildman–Crippen MR) is 102 cm³/mol. The Bertz CT molecular complexity index is 758. The van der Waals surface area contributed by atoms with Crippen LogP contribution in [0.25, 0.3) is 0 Å². The van der Waals surface area contributed by atoms with Crippen LogP contribution in [-0.4, -0.2) is 40.3 Å². The van der Waals surface area contributed by atoms with Gasteiger partial charge in [0.05, 0.1) is 11.7 Å². The Labute approximate surface area is 166 Å². The van der Waals surface area contributed by atoms with E-state index in [2.05, 4.69) is 6.92 Å². The van der Waals surface area contributed by atoms with Crippen LogP contribution in [0.5, 0.6) is 0 Å². The Morgan fingerprint density at radius 3 is 2.61 bits per heavy atom. The molecule has 4 aliphatic carbocycles. The molecule has 0 saturated heterocycles. The fraction of sp³-hybridized carbons (Fsp3) is 0.826. The Morgan fingerprint density at radius 1 is 1.11 bits per heavy atom. The number of ketones is 1. The van der Waals surface area contributed by atoms with E-state index >= 15 is 0 Å². The summed E-state index contributed by atoms with van der Waals surface area (Å²) in [5.74, 6) is 0.839. The molecule has 5 aliphatic rings. The fourth-order valence-corrected chi connectivity index (χ4v) is 8.18. The molecule has 4 fully saturated rings. The highest BCUT2D eigenvalue weighted by Gasteiger charge is 2.70. The van der Waals surface area contributed by atoms with Crippen molar-refractivity contribution in [3.63, 3.8) is 0 Å². The van der Waals surface area contributed by atoms with Crippen molar-refractivity contribution in [2.75, 3.05) is 6.61 Å². The van der Waals surface area contributed by atoms with Crippen molar-refractivity contribution in [1.29, 1.82) is 0 Å². The van der Waals surface area contributed by atoms with Crippen LogP contribution in [0.3, 0.4) is 0 Å². The summed E-state index contributed by atoms with van der Waals surface area (Å²) in [7, 11) is 0. The third-order valence-corrected chi connectivity index (χ3v) is 9.89. The average Bonchev–Trinajstić information content (AvgIpc) is 3.19. The van der Waals surface area contributed by atoms with Crippen molar-refractivity contribution in [3.8, 4) is 0 Å². The quantitative estimate of drug-likeness (QED) is 0.675. The van der Waals surface area contributed by atoms with Crippen LogP contribution in [0.1, 0.15) is 65.2 Å². The van der Waals surface area contributed by atoms with E-state index in [4.69, 9.17) is 4.74 Å². The van der Waals surface area contributed by atoms with Gasteiger partial charge in [0.15, 0.2) is 0 Å². The van der Waals surface area contributed by atoms with Crippen LogP contribution in [-0.2, 0) is 14.3 Å². The Morgan fingerprint density at radius 2 is 1.89 bits per heavy atom. The van der Waals surface area contributed by atoms with E-state index in [1.807, 2.05) is 6.92 Å². The smallest absolute Gasteiger partial charge is 0.331 e. The Balaban J connectivity index is 1.52. The summed E-state index contributed by atoms with van der Waals surface area (Å²) < 4.78 is 5.15. The summed E-state index contributed by atoms with van der Waals surface area (Å²) in [5, 5.41) is 23.5. The molecule has 5 heteroatoms. The second kappa shape index (κ2) is 5.91. The highest BCUT2D eigenvalue weighted by Crippen LogP contribution is 2.69. The molecule has 8 atom stereocenters. The highest BCUT2D eigenvalue weighted by atomic mass is 16.5. The normalized spacial score (nSPS) is 53.1. The monoisotopic (exact) mass is 388 g/mol. The maximum Gasteiger partial charge on any atom is 0.331 e. The van der Waals surface area contributed by atoms with E-state index in [1.165, 1.54) is 0 Å². The van der Waals surface area contributed by atoms with E-state index in [-0.39, 0.29) is 35.7 Å². The van der Waals surface area contributed by atoms with Gasteiger partial charge >= 0.3 is 5.97 Å². The first-order valence-corrected chi connectivity index (χ1v) is 11.0. The van der Waals surface area contributed by atoms with Crippen molar-refractivity contribution in [3.05, 3.63) is 11.6 Å². The molecular formula is C23H32O5. The number of esters is 1. The first-order valence-electron chi connectivity index (χ1n) is 11.0. The molecule has 0 aromatic carbocycles. The molecule has 0 aromatic heterocycles. The van der Waals surface area contributed by atoms with Gasteiger partial charge in [0, 0.05) is 24.3 Å². The van der Waals surface area contributed by atoms with E-state index in [9.17, 15) is 19.8 Å². The molecule has 0 aromatic rings. The van der Waals surface area contributed by atoms with Gasteiger partial charge in [-0.25, -0.2) is 4.79 Å². The lowest BCUT2D eigenvalue weighted by Crippen LogP contribution is -2.66. The van der Waals surface area contributed by atoms with Crippen molar-refractivity contribution in [1.82, 2.24) is 0 Å². The minimum absolute atomic E-state index is 0.0154. The summed E-state index contributed by atoms with van der Waals surface area (Å²) in [6, 6.07) is 0. The summed E-state index contributed by atoms with van der Waals surface area (Å²) in [5.41, 5.74) is -0.619. The first kappa shape index (κ1) is 18.8. The van der Waals surface area contributed by atoms with Crippen molar-refractivity contribution in [2.24, 2.45) is 34.5 Å². The summed E-state index contributed by atoms with van der Waals surface area (Å²) >= 11 is 0. The molecule has 2 unspecified atom stereocenters. The summed E-state index contributed by atoms with van der Waals surface area (Å²) in [4.78, 5) is 23.7. The van der Waals surface area contributed by atoms with E-state index in [0.29, 0.717) is 37.4 Å². The van der Waals surface area contributed by atoms with Crippen LogP contribution in [0, 0.1) is 34.5 Å². The predicted octanol–water partition coefficient (Wildman–Crippen LogP) is 2.78. The number of carbonyl (C=O) groups is 2. The average molecular weight is 389 g/mol. The second-order valence-corrected chi connectivity index (χ2v) is 10.6. The van der Waals surface area contributed by atoms with Gasteiger partial charge in [0.1, 0.15) is 12.4 Å². The van der Waals surface area contributed by atoms with Crippen molar-refractivity contribution >= 4 is 11.8 Å². The van der Waals surface area contributed by atoms with E-state index in [1.54, 1.807) is 6.08 Å². The van der Waals surface area contributed by atoms with Crippen LogP contribution >= 0.6 is 0 Å². The Kier molecular flexibility index (Phi) is 3.97. The summed E-state index contributed by atoms with van der Waals surface area (Å²) in [6.45, 7) is 4.63. The minimum Gasteiger partial charge on any atom is -0.458 e. The SMILES string of the molecule is C[C@]12[C@H](O)CC3C(CC[C@@H]4CC(=O)CC[C@]34C)[C@@]1(O)CC[C@H]2C1=CC(=O)OC1. The van der Waals surface area contributed by atoms with Crippen molar-refractivity contribution in [2.45, 2.75) is 76.9 Å². The zero-order valence-corrected chi connectivity index (χ0v) is 16.9. The molecule has 0 spiro atoms. The number of aliphatic hydroxyl groups excluding tert-OH is 1. The van der Waals surface area contributed by atoms with Gasteiger partial charge in [0.25, 0.3) is 0 Å². The number of hydrogen-bond acceptors (Lipinski definition) is 5. The molecule has 1 aliphatic heterocycles.